The lowest BCUT2D eigenvalue weighted by atomic mass is 10.1. The van der Waals surface area contributed by atoms with Gasteiger partial charge in [0.05, 0.1) is 0 Å². The second-order valence-corrected chi connectivity index (χ2v) is 3.34. The molecule has 84 valence electrons. The number of aryl methyl sites for hydroxylation is 1. The Kier molecular flexibility index (Phi) is 4.32. The van der Waals surface area contributed by atoms with Crippen LogP contribution in [-0.4, -0.2) is 17.1 Å². The average Bonchev–Trinajstić information content (AvgIpc) is 2.28. The lowest BCUT2D eigenvalue weighted by molar-refractivity contribution is -0.138. The van der Waals surface area contributed by atoms with Crippen LogP contribution in [0, 0.1) is 0 Å². The Morgan fingerprint density at radius 1 is 1.50 bits per heavy atom. The molecule has 3 N–H and O–H groups in total. The molecule has 0 aromatic heterocycles. The van der Waals surface area contributed by atoms with Crippen molar-refractivity contribution in [3.63, 3.8) is 0 Å². The van der Waals surface area contributed by atoms with Crippen LogP contribution in [0.5, 0.6) is 0 Å². The first kappa shape index (κ1) is 12.0. The highest BCUT2D eigenvalue weighted by molar-refractivity contribution is 5.73. The molecule has 1 atom stereocenters. The smallest absolute Gasteiger partial charge is 0.320 e. The van der Waals surface area contributed by atoms with Crippen molar-refractivity contribution < 1.29 is 9.90 Å². The van der Waals surface area contributed by atoms with Crippen LogP contribution in [-0.2, 0) is 11.2 Å². The molecule has 0 aliphatic heterocycles. The second kappa shape index (κ2) is 5.75. The van der Waals surface area contributed by atoms with E-state index < -0.39 is 12.0 Å². The van der Waals surface area contributed by atoms with Gasteiger partial charge in [0.2, 0.25) is 0 Å². The summed E-state index contributed by atoms with van der Waals surface area (Å²) in [6.07, 6.45) is 0.972. The van der Waals surface area contributed by atoms with Gasteiger partial charge in [0, 0.05) is 10.6 Å². The fraction of sp³-hybridized carbons (Fsp3) is 0.300. The summed E-state index contributed by atoms with van der Waals surface area (Å²) in [5.74, 6) is -0.995. The van der Waals surface area contributed by atoms with Gasteiger partial charge in [-0.25, -0.2) is 0 Å². The van der Waals surface area contributed by atoms with Gasteiger partial charge in [-0.1, -0.05) is 29.4 Å². The maximum atomic E-state index is 10.5. The number of carboxylic acids is 1. The van der Waals surface area contributed by atoms with Gasteiger partial charge >= 0.3 is 5.97 Å². The molecule has 0 bridgehead atoms. The Hall–Kier alpha value is -2.04. The number of benzene rings is 1. The van der Waals surface area contributed by atoms with Crippen LogP contribution in [0.15, 0.2) is 29.4 Å². The number of aliphatic carboxylic acids is 1. The molecule has 0 saturated heterocycles. The maximum absolute atomic E-state index is 10.5. The maximum Gasteiger partial charge on any atom is 0.320 e. The molecule has 0 aliphatic carbocycles. The molecule has 0 radical (unpaired) electrons. The van der Waals surface area contributed by atoms with E-state index >= 15 is 0 Å². The molecule has 6 heteroatoms. The molecule has 16 heavy (non-hydrogen) atoms. The molecule has 0 fully saturated rings. The van der Waals surface area contributed by atoms with E-state index in [0.29, 0.717) is 18.5 Å². The van der Waals surface area contributed by atoms with Crippen LogP contribution >= 0.6 is 0 Å². The van der Waals surface area contributed by atoms with Gasteiger partial charge in [-0.05, 0) is 23.9 Å². The first-order chi connectivity index (χ1) is 7.63. The zero-order chi connectivity index (χ0) is 12.0. The summed E-state index contributed by atoms with van der Waals surface area (Å²) in [4.78, 5) is 13.1. The van der Waals surface area contributed by atoms with Crippen LogP contribution in [0.4, 0.5) is 5.69 Å². The second-order valence-electron chi connectivity index (χ2n) is 3.34. The zero-order valence-corrected chi connectivity index (χ0v) is 8.58. The van der Waals surface area contributed by atoms with E-state index in [2.05, 4.69) is 10.0 Å². The van der Waals surface area contributed by atoms with Crippen molar-refractivity contribution in [2.45, 2.75) is 18.9 Å². The van der Waals surface area contributed by atoms with Crippen LogP contribution in [0.2, 0.25) is 0 Å². The van der Waals surface area contributed by atoms with Crippen LogP contribution in [0.1, 0.15) is 12.0 Å². The third kappa shape index (κ3) is 3.61. The van der Waals surface area contributed by atoms with E-state index in [1.807, 2.05) is 0 Å². The Labute approximate surface area is 92.3 Å². The predicted molar refractivity (Wildman–Crippen MR) is 59.2 cm³/mol. The van der Waals surface area contributed by atoms with Crippen molar-refractivity contribution in [3.8, 4) is 0 Å². The van der Waals surface area contributed by atoms with Crippen molar-refractivity contribution in [2.24, 2.45) is 10.8 Å². The third-order valence-corrected chi connectivity index (χ3v) is 2.16. The van der Waals surface area contributed by atoms with Gasteiger partial charge in [-0.15, -0.1) is 0 Å². The van der Waals surface area contributed by atoms with Gasteiger partial charge in [-0.3, -0.25) is 4.79 Å². The number of azide groups is 1. The van der Waals surface area contributed by atoms with E-state index in [1.165, 1.54) is 0 Å². The standard InChI is InChI=1S/C10H12N4O2/c11-9(10(15)16)6-3-7-1-4-8(5-2-7)13-14-12/h1-2,4-5,9H,3,6,11H2,(H,15,16). The van der Waals surface area contributed by atoms with E-state index in [1.54, 1.807) is 24.3 Å². The van der Waals surface area contributed by atoms with Gasteiger partial charge in [0.1, 0.15) is 6.04 Å². The first-order valence-corrected chi connectivity index (χ1v) is 4.76. The van der Waals surface area contributed by atoms with E-state index in [-0.39, 0.29) is 0 Å². The number of hydrogen-bond donors (Lipinski definition) is 2. The van der Waals surface area contributed by atoms with Gasteiger partial charge in [-0.2, -0.15) is 0 Å². The monoisotopic (exact) mass is 220 g/mol. The number of nitrogens with zero attached hydrogens (tertiary/aromatic N) is 3. The van der Waals surface area contributed by atoms with Crippen LogP contribution in [0.3, 0.4) is 0 Å². The number of carboxylic acid groups (broad SMARTS) is 1. The minimum atomic E-state index is -0.995. The summed E-state index contributed by atoms with van der Waals surface area (Å²) >= 11 is 0. The summed E-state index contributed by atoms with van der Waals surface area (Å²) in [7, 11) is 0. The zero-order valence-electron chi connectivity index (χ0n) is 8.58. The number of nitrogens with two attached hydrogens (primary N) is 1. The molecule has 6 nitrogen and oxygen atoms in total. The highest BCUT2D eigenvalue weighted by Gasteiger charge is 2.10. The largest absolute Gasteiger partial charge is 0.480 e. The van der Waals surface area contributed by atoms with E-state index in [9.17, 15) is 4.79 Å². The molecule has 1 aromatic rings. The lowest BCUT2D eigenvalue weighted by Gasteiger charge is -2.05. The van der Waals surface area contributed by atoms with Gasteiger partial charge in [0.15, 0.2) is 0 Å². The molecule has 1 aromatic carbocycles. The Balaban J connectivity index is 2.55. The summed E-state index contributed by atoms with van der Waals surface area (Å²) in [6.45, 7) is 0. The summed E-state index contributed by atoms with van der Waals surface area (Å²) < 4.78 is 0. The minimum Gasteiger partial charge on any atom is -0.480 e. The first-order valence-electron chi connectivity index (χ1n) is 4.76. The third-order valence-electron chi connectivity index (χ3n) is 2.16. The fourth-order valence-electron chi connectivity index (χ4n) is 1.23. The molecule has 0 saturated carbocycles. The molecule has 0 spiro atoms. The Bertz CT molecular complexity index is 409. The lowest BCUT2D eigenvalue weighted by Crippen LogP contribution is -2.30. The van der Waals surface area contributed by atoms with Crippen molar-refractivity contribution in [3.05, 3.63) is 40.3 Å². The van der Waals surface area contributed by atoms with Crippen molar-refractivity contribution in [2.75, 3.05) is 0 Å². The molecule has 1 unspecified atom stereocenters. The molecule has 0 aliphatic rings. The van der Waals surface area contributed by atoms with Crippen LogP contribution < -0.4 is 5.73 Å². The minimum absolute atomic E-state index is 0.385. The normalized spacial score (nSPS) is 11.6. The van der Waals surface area contributed by atoms with Crippen molar-refractivity contribution in [1.29, 1.82) is 0 Å². The van der Waals surface area contributed by atoms with Gasteiger partial charge < -0.3 is 10.8 Å². The molecule has 0 heterocycles. The van der Waals surface area contributed by atoms with Gasteiger partial charge in [0.25, 0.3) is 0 Å². The highest BCUT2D eigenvalue weighted by atomic mass is 16.4. The molecular weight excluding hydrogens is 208 g/mol. The van der Waals surface area contributed by atoms with E-state index in [0.717, 1.165) is 5.56 Å². The molecule has 1 rings (SSSR count). The van der Waals surface area contributed by atoms with Crippen molar-refractivity contribution >= 4 is 11.7 Å². The number of rotatable bonds is 5. The average molecular weight is 220 g/mol. The summed E-state index contributed by atoms with van der Waals surface area (Å²) in [6, 6.07) is 6.11. The van der Waals surface area contributed by atoms with Crippen molar-refractivity contribution in [1.82, 2.24) is 0 Å². The SMILES string of the molecule is [N-]=[N+]=Nc1ccc(CCC(N)C(=O)O)cc1. The topological polar surface area (TPSA) is 112 Å². The Morgan fingerprint density at radius 3 is 2.62 bits per heavy atom. The van der Waals surface area contributed by atoms with E-state index in [4.69, 9.17) is 16.4 Å². The molecular formula is C10H12N4O2. The number of hydrogen-bond acceptors (Lipinski definition) is 3. The Morgan fingerprint density at radius 2 is 2.12 bits per heavy atom. The van der Waals surface area contributed by atoms with Crippen LogP contribution in [0.25, 0.3) is 10.4 Å². The quantitative estimate of drug-likeness (QED) is 0.449. The highest BCUT2D eigenvalue weighted by Crippen LogP contribution is 2.14. The summed E-state index contributed by atoms with van der Waals surface area (Å²) in [5.41, 5.74) is 15.1. The predicted octanol–water partition coefficient (Wildman–Crippen LogP) is 1.97. The molecule has 0 amide bonds. The summed E-state index contributed by atoms with van der Waals surface area (Å²) in [5, 5.41) is 12.0. The number of carbonyl (C=O) groups is 1. The fourth-order valence-corrected chi connectivity index (χ4v) is 1.23.